The van der Waals surface area contributed by atoms with Gasteiger partial charge in [0.05, 0.1) is 13.0 Å². The van der Waals surface area contributed by atoms with Crippen molar-refractivity contribution in [2.45, 2.75) is 13.3 Å². The summed E-state index contributed by atoms with van der Waals surface area (Å²) in [5.74, 6) is 0.00852. The van der Waals surface area contributed by atoms with Crippen LogP contribution in [0.3, 0.4) is 0 Å². The van der Waals surface area contributed by atoms with Gasteiger partial charge in [-0.3, -0.25) is 9.59 Å². The largest absolute Gasteiger partial charge is 0.497 e. The molecular weight excluding hydrogens is 286 g/mol. The van der Waals surface area contributed by atoms with Crippen molar-refractivity contribution in [3.63, 3.8) is 0 Å². The van der Waals surface area contributed by atoms with Crippen molar-refractivity contribution >= 4 is 11.9 Å². The minimum Gasteiger partial charge on any atom is -0.497 e. The lowest BCUT2D eigenvalue weighted by atomic mass is 9.87. The van der Waals surface area contributed by atoms with Crippen LogP contribution in [0.15, 0.2) is 24.3 Å². The average molecular weight is 307 g/mol. The third-order valence-electron chi connectivity index (χ3n) is 4.00. The van der Waals surface area contributed by atoms with Gasteiger partial charge in [-0.15, -0.1) is 0 Å². The Kier molecular flexibility index (Phi) is 5.25. The number of likely N-dealkylation sites (tertiary alicyclic amines) is 1. The molecule has 120 valence electrons. The fourth-order valence-corrected chi connectivity index (χ4v) is 2.65. The molecule has 1 amide bonds. The summed E-state index contributed by atoms with van der Waals surface area (Å²) in [7, 11) is 1.58. The van der Waals surface area contributed by atoms with Gasteiger partial charge in [0.15, 0.2) is 6.61 Å². The third-order valence-corrected chi connectivity index (χ3v) is 4.00. The highest BCUT2D eigenvalue weighted by atomic mass is 16.5. The van der Waals surface area contributed by atoms with Gasteiger partial charge in [-0.1, -0.05) is 6.92 Å². The third kappa shape index (κ3) is 3.90. The first kappa shape index (κ1) is 16.1. The van der Waals surface area contributed by atoms with Crippen molar-refractivity contribution in [1.29, 1.82) is 0 Å². The van der Waals surface area contributed by atoms with E-state index in [0.29, 0.717) is 25.3 Å². The van der Waals surface area contributed by atoms with Crippen LogP contribution < -0.4 is 9.47 Å². The molecule has 6 heteroatoms. The van der Waals surface area contributed by atoms with Gasteiger partial charge < -0.3 is 19.5 Å². The van der Waals surface area contributed by atoms with Gasteiger partial charge in [-0.25, -0.2) is 0 Å². The van der Waals surface area contributed by atoms with E-state index in [1.54, 1.807) is 36.3 Å². The van der Waals surface area contributed by atoms with Crippen LogP contribution in [0.5, 0.6) is 11.5 Å². The predicted molar refractivity (Wildman–Crippen MR) is 80.0 cm³/mol. The van der Waals surface area contributed by atoms with Crippen molar-refractivity contribution in [3.05, 3.63) is 24.3 Å². The van der Waals surface area contributed by atoms with E-state index in [2.05, 4.69) is 0 Å². The van der Waals surface area contributed by atoms with Gasteiger partial charge in [-0.2, -0.15) is 0 Å². The summed E-state index contributed by atoms with van der Waals surface area (Å²) in [6, 6.07) is 7.01. The molecule has 0 saturated carbocycles. The van der Waals surface area contributed by atoms with Gasteiger partial charge in [0.25, 0.3) is 5.91 Å². The maximum atomic E-state index is 12.1. The van der Waals surface area contributed by atoms with E-state index < -0.39 is 5.97 Å². The van der Waals surface area contributed by atoms with Gasteiger partial charge in [0, 0.05) is 13.1 Å². The van der Waals surface area contributed by atoms with Crippen LogP contribution in [0.2, 0.25) is 0 Å². The molecule has 2 rings (SSSR count). The van der Waals surface area contributed by atoms with Crippen LogP contribution in [-0.2, 0) is 9.59 Å². The van der Waals surface area contributed by atoms with Crippen molar-refractivity contribution in [2.24, 2.45) is 11.8 Å². The summed E-state index contributed by atoms with van der Waals surface area (Å²) in [6.45, 7) is 2.74. The normalized spacial score (nSPS) is 21.3. The summed E-state index contributed by atoms with van der Waals surface area (Å²) in [5, 5.41) is 9.09. The number of nitrogens with zero attached hydrogens (tertiary/aromatic N) is 1. The Hall–Kier alpha value is -2.24. The Labute approximate surface area is 129 Å². The molecule has 0 aliphatic carbocycles. The summed E-state index contributed by atoms with van der Waals surface area (Å²) < 4.78 is 10.5. The molecule has 2 atom stereocenters. The number of piperidine rings is 1. The van der Waals surface area contributed by atoms with E-state index in [1.165, 1.54) is 0 Å². The number of benzene rings is 1. The molecule has 1 aliphatic rings. The summed E-state index contributed by atoms with van der Waals surface area (Å²) in [6.07, 6.45) is 0.491. The summed E-state index contributed by atoms with van der Waals surface area (Å²) in [5.41, 5.74) is 0. The number of hydrogen-bond acceptors (Lipinski definition) is 4. The molecule has 2 unspecified atom stereocenters. The van der Waals surface area contributed by atoms with Crippen LogP contribution in [0.4, 0.5) is 0 Å². The number of carbonyl (C=O) groups is 2. The zero-order valence-corrected chi connectivity index (χ0v) is 12.8. The number of ether oxygens (including phenoxy) is 2. The highest BCUT2D eigenvalue weighted by Gasteiger charge is 2.32. The highest BCUT2D eigenvalue weighted by molar-refractivity contribution is 5.78. The van der Waals surface area contributed by atoms with Crippen molar-refractivity contribution in [3.8, 4) is 11.5 Å². The number of aliphatic carboxylic acids is 1. The fourth-order valence-electron chi connectivity index (χ4n) is 2.65. The molecule has 0 spiro atoms. The number of amides is 1. The molecule has 0 radical (unpaired) electrons. The van der Waals surface area contributed by atoms with E-state index >= 15 is 0 Å². The maximum absolute atomic E-state index is 12.1. The van der Waals surface area contributed by atoms with E-state index in [-0.39, 0.29) is 24.3 Å². The molecule has 1 heterocycles. The van der Waals surface area contributed by atoms with Crippen molar-refractivity contribution in [2.75, 3.05) is 26.8 Å². The fraction of sp³-hybridized carbons (Fsp3) is 0.500. The average Bonchev–Trinajstić information content (AvgIpc) is 2.52. The number of hydrogen-bond donors (Lipinski definition) is 1. The molecule has 1 N–H and O–H groups in total. The zero-order chi connectivity index (χ0) is 16.1. The molecule has 6 nitrogen and oxygen atoms in total. The first-order chi connectivity index (χ1) is 10.5. The molecule has 1 aromatic carbocycles. The maximum Gasteiger partial charge on any atom is 0.306 e. The smallest absolute Gasteiger partial charge is 0.306 e. The highest BCUT2D eigenvalue weighted by Crippen LogP contribution is 2.24. The molecule has 1 aromatic rings. The van der Waals surface area contributed by atoms with Crippen LogP contribution in [0.25, 0.3) is 0 Å². The van der Waals surface area contributed by atoms with E-state index in [4.69, 9.17) is 14.6 Å². The Morgan fingerprint density at radius 2 is 1.91 bits per heavy atom. The number of methoxy groups -OCH3 is 1. The molecule has 1 fully saturated rings. The predicted octanol–water partition coefficient (Wildman–Crippen LogP) is 1.64. The first-order valence-electron chi connectivity index (χ1n) is 7.28. The lowest BCUT2D eigenvalue weighted by molar-refractivity contribution is -0.148. The zero-order valence-electron chi connectivity index (χ0n) is 12.8. The minimum absolute atomic E-state index is 0.0449. The second-order valence-electron chi connectivity index (χ2n) is 5.51. The van der Waals surface area contributed by atoms with E-state index in [9.17, 15) is 9.59 Å². The van der Waals surface area contributed by atoms with Gasteiger partial charge in [0.1, 0.15) is 11.5 Å². The lowest BCUT2D eigenvalue weighted by Gasteiger charge is -2.34. The molecule has 0 bridgehead atoms. The van der Waals surface area contributed by atoms with Crippen molar-refractivity contribution < 1.29 is 24.2 Å². The second-order valence-corrected chi connectivity index (χ2v) is 5.51. The van der Waals surface area contributed by atoms with Crippen molar-refractivity contribution in [1.82, 2.24) is 4.90 Å². The molecular formula is C16H21NO5. The SMILES string of the molecule is COc1ccc(OCC(=O)N2CCC(C(=O)O)C(C)C2)cc1. The van der Waals surface area contributed by atoms with Gasteiger partial charge >= 0.3 is 5.97 Å². The Bertz CT molecular complexity index is 528. The van der Waals surface area contributed by atoms with E-state index in [0.717, 1.165) is 5.75 Å². The van der Waals surface area contributed by atoms with Crippen LogP contribution in [0, 0.1) is 11.8 Å². The molecule has 1 aliphatic heterocycles. The Morgan fingerprint density at radius 1 is 1.27 bits per heavy atom. The summed E-state index contributed by atoms with van der Waals surface area (Å²) >= 11 is 0. The standard InChI is InChI=1S/C16H21NO5/c1-11-9-17(8-7-14(11)16(19)20)15(18)10-22-13-5-3-12(21-2)4-6-13/h3-6,11,14H,7-10H2,1-2H3,(H,19,20). The topological polar surface area (TPSA) is 76.1 Å². The monoisotopic (exact) mass is 307 g/mol. The van der Waals surface area contributed by atoms with Crippen LogP contribution in [0.1, 0.15) is 13.3 Å². The minimum atomic E-state index is -0.783. The summed E-state index contributed by atoms with van der Waals surface area (Å²) in [4.78, 5) is 24.9. The lowest BCUT2D eigenvalue weighted by Crippen LogP contribution is -2.46. The first-order valence-corrected chi connectivity index (χ1v) is 7.28. The van der Waals surface area contributed by atoms with Crippen LogP contribution in [-0.4, -0.2) is 48.7 Å². The number of rotatable bonds is 5. The molecule has 22 heavy (non-hydrogen) atoms. The quantitative estimate of drug-likeness (QED) is 0.895. The number of carbonyl (C=O) groups excluding carboxylic acids is 1. The van der Waals surface area contributed by atoms with E-state index in [1.807, 2.05) is 6.92 Å². The molecule has 1 saturated heterocycles. The number of carboxylic acid groups (broad SMARTS) is 1. The molecule has 0 aromatic heterocycles. The second kappa shape index (κ2) is 7.15. The van der Waals surface area contributed by atoms with Crippen LogP contribution >= 0.6 is 0 Å². The Morgan fingerprint density at radius 3 is 2.45 bits per heavy atom. The Balaban J connectivity index is 1.83. The number of carboxylic acids is 1. The van der Waals surface area contributed by atoms with Gasteiger partial charge in [-0.05, 0) is 36.6 Å². The van der Waals surface area contributed by atoms with Gasteiger partial charge in [0.2, 0.25) is 0 Å².